The number of aromatic nitrogens is 1. The Labute approximate surface area is 115 Å². The number of carbonyl (C=O) groups is 2. The zero-order valence-electron chi connectivity index (χ0n) is 10.9. The number of hydrogen-bond donors (Lipinski definition) is 2. The van der Waals surface area contributed by atoms with Crippen LogP contribution in [0.25, 0.3) is 10.9 Å². The Balaban J connectivity index is 1.55. The standard InChI is InChI=1S/C15H15N3O2/c19-8-18-4-3-9-1-2-11(7-14(9)18)16-15(20)13-6-10-5-12(10)17-13/h1-4,7-8,10,12-13,17H,5-6H2,(H,16,20)/t10-,12-,13+/m1/s1. The van der Waals surface area contributed by atoms with Crippen LogP contribution in [-0.4, -0.2) is 29.0 Å². The highest BCUT2D eigenvalue weighted by molar-refractivity contribution is 5.97. The first kappa shape index (κ1) is 11.7. The van der Waals surface area contributed by atoms with Crippen molar-refractivity contribution < 1.29 is 9.59 Å². The van der Waals surface area contributed by atoms with Crippen molar-refractivity contribution in [1.82, 2.24) is 9.88 Å². The van der Waals surface area contributed by atoms with E-state index in [-0.39, 0.29) is 11.9 Å². The molecule has 2 fully saturated rings. The van der Waals surface area contributed by atoms with E-state index in [1.165, 1.54) is 11.0 Å². The van der Waals surface area contributed by atoms with Gasteiger partial charge in [-0.25, -0.2) is 0 Å². The second-order valence-corrected chi connectivity index (χ2v) is 5.65. The molecule has 3 atom stereocenters. The molecule has 2 N–H and O–H groups in total. The fourth-order valence-electron chi connectivity index (χ4n) is 3.07. The summed E-state index contributed by atoms with van der Waals surface area (Å²) < 4.78 is 1.51. The summed E-state index contributed by atoms with van der Waals surface area (Å²) in [6.07, 6.45) is 4.63. The first-order valence-corrected chi connectivity index (χ1v) is 6.87. The van der Waals surface area contributed by atoms with Gasteiger partial charge in [0, 0.05) is 23.3 Å². The SMILES string of the molecule is O=Cn1ccc2ccc(NC(=O)[C@@H]3C[C@H]4C[C@H]4N3)cc21. The topological polar surface area (TPSA) is 63.1 Å². The minimum absolute atomic E-state index is 0.0146. The average Bonchev–Trinajstić information content (AvgIpc) is 2.89. The summed E-state index contributed by atoms with van der Waals surface area (Å²) in [5.41, 5.74) is 1.53. The van der Waals surface area contributed by atoms with Gasteiger partial charge in [0.2, 0.25) is 12.3 Å². The van der Waals surface area contributed by atoms with Crippen LogP contribution in [0.2, 0.25) is 0 Å². The Kier molecular flexibility index (Phi) is 2.44. The van der Waals surface area contributed by atoms with Gasteiger partial charge < -0.3 is 10.6 Å². The van der Waals surface area contributed by atoms with E-state index in [2.05, 4.69) is 10.6 Å². The molecule has 2 aromatic rings. The highest BCUT2D eigenvalue weighted by Crippen LogP contribution is 2.40. The van der Waals surface area contributed by atoms with Gasteiger partial charge in [0.25, 0.3) is 0 Å². The number of anilines is 1. The molecule has 1 aromatic heterocycles. The van der Waals surface area contributed by atoms with Crippen LogP contribution in [0.5, 0.6) is 0 Å². The maximum atomic E-state index is 12.2. The van der Waals surface area contributed by atoms with Crippen LogP contribution in [0, 0.1) is 5.92 Å². The highest BCUT2D eigenvalue weighted by Gasteiger charge is 2.47. The number of hydrogen-bond acceptors (Lipinski definition) is 3. The molecule has 1 saturated carbocycles. The lowest BCUT2D eigenvalue weighted by atomic mass is 10.1. The van der Waals surface area contributed by atoms with Gasteiger partial charge >= 0.3 is 0 Å². The van der Waals surface area contributed by atoms with Crippen LogP contribution in [0.3, 0.4) is 0 Å². The van der Waals surface area contributed by atoms with E-state index in [0.29, 0.717) is 12.0 Å². The van der Waals surface area contributed by atoms with Crippen molar-refractivity contribution in [2.24, 2.45) is 5.92 Å². The Morgan fingerprint density at radius 3 is 3.00 bits per heavy atom. The molecule has 2 heterocycles. The van der Waals surface area contributed by atoms with Gasteiger partial charge in [-0.1, -0.05) is 6.07 Å². The van der Waals surface area contributed by atoms with E-state index in [0.717, 1.165) is 29.4 Å². The normalized spacial score (nSPS) is 27.3. The van der Waals surface area contributed by atoms with E-state index < -0.39 is 0 Å². The molecule has 2 aliphatic rings. The lowest BCUT2D eigenvalue weighted by molar-refractivity contribution is -0.118. The molecule has 1 saturated heterocycles. The van der Waals surface area contributed by atoms with Crippen molar-refractivity contribution >= 4 is 28.9 Å². The first-order valence-electron chi connectivity index (χ1n) is 6.87. The number of amides is 1. The van der Waals surface area contributed by atoms with Crippen LogP contribution >= 0.6 is 0 Å². The van der Waals surface area contributed by atoms with Gasteiger partial charge in [-0.2, -0.15) is 0 Å². The van der Waals surface area contributed by atoms with Crippen LogP contribution in [-0.2, 0) is 9.59 Å². The lowest BCUT2D eigenvalue weighted by Crippen LogP contribution is -2.37. The third kappa shape index (κ3) is 1.82. The zero-order chi connectivity index (χ0) is 13.7. The molecule has 0 radical (unpaired) electrons. The molecule has 4 rings (SSSR count). The summed E-state index contributed by atoms with van der Waals surface area (Å²) in [5.74, 6) is 0.710. The van der Waals surface area contributed by atoms with Crippen molar-refractivity contribution in [1.29, 1.82) is 0 Å². The van der Waals surface area contributed by atoms with Gasteiger partial charge in [-0.3, -0.25) is 14.2 Å². The summed E-state index contributed by atoms with van der Waals surface area (Å²) in [5, 5.41) is 7.24. The number of nitrogens with zero attached hydrogens (tertiary/aromatic N) is 1. The van der Waals surface area contributed by atoms with E-state index in [9.17, 15) is 9.59 Å². The molecule has 1 aliphatic heterocycles. The molecular weight excluding hydrogens is 254 g/mol. The Bertz CT molecular complexity index is 696. The number of piperidine rings is 1. The second-order valence-electron chi connectivity index (χ2n) is 5.65. The minimum atomic E-state index is -0.0766. The van der Waals surface area contributed by atoms with E-state index in [1.54, 1.807) is 6.20 Å². The van der Waals surface area contributed by atoms with Crippen molar-refractivity contribution in [2.45, 2.75) is 24.9 Å². The average molecular weight is 269 g/mol. The van der Waals surface area contributed by atoms with Crippen molar-refractivity contribution in [2.75, 3.05) is 5.32 Å². The number of carbonyl (C=O) groups excluding carboxylic acids is 2. The quantitative estimate of drug-likeness (QED) is 0.827. The van der Waals surface area contributed by atoms with Crippen LogP contribution < -0.4 is 10.6 Å². The van der Waals surface area contributed by atoms with Gasteiger partial charge in [0.05, 0.1) is 11.6 Å². The Morgan fingerprint density at radius 2 is 2.25 bits per heavy atom. The summed E-state index contributed by atoms with van der Waals surface area (Å²) in [6.45, 7) is 0. The molecule has 0 unspecified atom stereocenters. The monoisotopic (exact) mass is 269 g/mol. The minimum Gasteiger partial charge on any atom is -0.325 e. The fourth-order valence-corrected chi connectivity index (χ4v) is 3.07. The maximum Gasteiger partial charge on any atom is 0.241 e. The van der Waals surface area contributed by atoms with Crippen molar-refractivity contribution in [3.05, 3.63) is 30.5 Å². The second kappa shape index (κ2) is 4.18. The lowest BCUT2D eigenvalue weighted by Gasteiger charge is -2.13. The number of benzene rings is 1. The molecule has 0 bridgehead atoms. The predicted octanol–water partition coefficient (Wildman–Crippen LogP) is 1.37. The maximum absolute atomic E-state index is 12.2. The zero-order valence-corrected chi connectivity index (χ0v) is 10.9. The highest BCUT2D eigenvalue weighted by atomic mass is 16.2. The van der Waals surface area contributed by atoms with Crippen molar-refractivity contribution in [3.63, 3.8) is 0 Å². The number of nitrogens with one attached hydrogen (secondary N) is 2. The molecule has 1 amide bonds. The molecule has 1 aromatic carbocycles. The predicted molar refractivity (Wildman–Crippen MR) is 76.2 cm³/mol. The van der Waals surface area contributed by atoms with Gasteiger partial charge in [0.1, 0.15) is 0 Å². The summed E-state index contributed by atoms with van der Waals surface area (Å²) in [6, 6.07) is 7.96. The molecule has 102 valence electrons. The van der Waals surface area contributed by atoms with Gasteiger partial charge in [0.15, 0.2) is 0 Å². The van der Waals surface area contributed by atoms with E-state index >= 15 is 0 Å². The molecule has 0 spiro atoms. The van der Waals surface area contributed by atoms with E-state index in [4.69, 9.17) is 0 Å². The van der Waals surface area contributed by atoms with Crippen LogP contribution in [0.15, 0.2) is 30.5 Å². The Morgan fingerprint density at radius 1 is 1.35 bits per heavy atom. The fraction of sp³-hybridized carbons (Fsp3) is 0.333. The summed E-state index contributed by atoms with van der Waals surface area (Å²) in [4.78, 5) is 23.1. The van der Waals surface area contributed by atoms with Gasteiger partial charge in [-0.15, -0.1) is 0 Å². The summed E-state index contributed by atoms with van der Waals surface area (Å²) >= 11 is 0. The van der Waals surface area contributed by atoms with E-state index in [1.807, 2.05) is 24.3 Å². The molecular formula is C15H15N3O2. The third-order valence-corrected chi connectivity index (χ3v) is 4.30. The van der Waals surface area contributed by atoms with Crippen molar-refractivity contribution in [3.8, 4) is 0 Å². The smallest absolute Gasteiger partial charge is 0.241 e. The number of fused-ring (bicyclic) bond motifs is 2. The molecule has 5 heteroatoms. The summed E-state index contributed by atoms with van der Waals surface area (Å²) in [7, 11) is 0. The first-order chi connectivity index (χ1) is 9.74. The Hall–Kier alpha value is -2.14. The molecule has 5 nitrogen and oxygen atoms in total. The van der Waals surface area contributed by atoms with Crippen LogP contribution in [0.1, 0.15) is 12.8 Å². The largest absolute Gasteiger partial charge is 0.325 e. The number of rotatable bonds is 3. The van der Waals surface area contributed by atoms with Gasteiger partial charge in [-0.05, 0) is 37.0 Å². The molecule has 1 aliphatic carbocycles. The molecule has 20 heavy (non-hydrogen) atoms. The van der Waals surface area contributed by atoms with Crippen LogP contribution in [0.4, 0.5) is 5.69 Å². The third-order valence-electron chi connectivity index (χ3n) is 4.30.